The minimum absolute atomic E-state index is 0.448. The predicted molar refractivity (Wildman–Crippen MR) is 138 cm³/mol. The summed E-state index contributed by atoms with van der Waals surface area (Å²) in [6.45, 7) is 2.22. The molecule has 170 valence electrons. The summed E-state index contributed by atoms with van der Waals surface area (Å²) >= 11 is 1.66. The molecule has 0 saturated heterocycles. The molecule has 4 rings (SSSR count). The first-order chi connectivity index (χ1) is 15.8. The number of fused-ring (bicyclic) bond motifs is 1. The highest BCUT2D eigenvalue weighted by Crippen LogP contribution is 2.31. The Bertz CT molecular complexity index is 1380. The van der Waals surface area contributed by atoms with Crippen LogP contribution in [0.15, 0.2) is 83.9 Å². The van der Waals surface area contributed by atoms with Gasteiger partial charge in [-0.1, -0.05) is 36.4 Å². The van der Waals surface area contributed by atoms with Crippen LogP contribution in [0.1, 0.15) is 18.1 Å². The Labute approximate surface area is 199 Å². The normalized spacial score (nSPS) is 12.6. The average Bonchev–Trinajstić information content (AvgIpc) is 2.82. The van der Waals surface area contributed by atoms with Gasteiger partial charge in [-0.15, -0.1) is 11.8 Å². The van der Waals surface area contributed by atoms with Gasteiger partial charge in [0.15, 0.2) is 0 Å². The van der Waals surface area contributed by atoms with Crippen molar-refractivity contribution in [3.63, 3.8) is 0 Å². The topological polar surface area (TPSA) is 56.3 Å². The van der Waals surface area contributed by atoms with E-state index in [9.17, 15) is 8.42 Å². The summed E-state index contributed by atoms with van der Waals surface area (Å²) in [7, 11) is -3.11. The van der Waals surface area contributed by atoms with Crippen molar-refractivity contribution < 1.29 is 13.2 Å². The van der Waals surface area contributed by atoms with Crippen molar-refractivity contribution >= 4 is 32.5 Å². The molecule has 0 aliphatic rings. The van der Waals surface area contributed by atoms with Gasteiger partial charge in [-0.25, -0.2) is 8.42 Å². The second kappa shape index (κ2) is 9.98. The summed E-state index contributed by atoms with van der Waals surface area (Å²) in [4.78, 5) is 5.73. The summed E-state index contributed by atoms with van der Waals surface area (Å²) in [6, 6.07) is 24.3. The largest absolute Gasteiger partial charge is 0.488 e. The maximum absolute atomic E-state index is 12.0. The number of rotatable bonds is 8. The highest BCUT2D eigenvalue weighted by atomic mass is 32.2. The second-order valence-corrected chi connectivity index (χ2v) is 11.5. The van der Waals surface area contributed by atoms with Gasteiger partial charge in [0.2, 0.25) is 0 Å². The van der Waals surface area contributed by atoms with Gasteiger partial charge in [0, 0.05) is 28.3 Å². The minimum Gasteiger partial charge on any atom is -0.488 e. The second-order valence-electron chi connectivity index (χ2n) is 8.20. The molecule has 0 radical (unpaired) electrons. The first-order valence-corrected chi connectivity index (χ1v) is 13.9. The molecule has 0 aliphatic heterocycles. The summed E-state index contributed by atoms with van der Waals surface area (Å²) in [5.74, 6) is 0.874. The first kappa shape index (κ1) is 23.3. The molecule has 1 aromatic heterocycles. The molecule has 0 aliphatic carbocycles. The van der Waals surface area contributed by atoms with Gasteiger partial charge in [0.1, 0.15) is 22.2 Å². The van der Waals surface area contributed by atoms with Gasteiger partial charge in [-0.2, -0.15) is 0 Å². The summed E-state index contributed by atoms with van der Waals surface area (Å²) in [5, 5.41) is 0.553. The van der Waals surface area contributed by atoms with E-state index < -0.39 is 15.1 Å². The van der Waals surface area contributed by atoms with Crippen molar-refractivity contribution in [2.24, 2.45) is 0 Å². The maximum Gasteiger partial charge on any atom is 0.150 e. The van der Waals surface area contributed by atoms with Crippen LogP contribution in [0.25, 0.3) is 22.0 Å². The van der Waals surface area contributed by atoms with Crippen LogP contribution in [0.5, 0.6) is 5.75 Å². The number of hydrogen-bond donors (Lipinski definition) is 0. The number of sulfone groups is 1. The molecule has 1 atom stereocenters. The molecule has 0 bridgehead atoms. The SMILES string of the molecule is CSc1ccccc1OCc1cccc(-c2cc(CC(C)S(C)(=O)=O)cc3cccnc23)c1. The number of thioether (sulfide) groups is 1. The van der Waals surface area contributed by atoms with Gasteiger partial charge in [0.25, 0.3) is 0 Å². The van der Waals surface area contributed by atoms with Crippen LogP contribution in [0.3, 0.4) is 0 Å². The summed E-state index contributed by atoms with van der Waals surface area (Å²) < 4.78 is 30.1. The van der Waals surface area contributed by atoms with Crippen LogP contribution in [-0.2, 0) is 22.9 Å². The molecule has 6 heteroatoms. The number of aromatic nitrogens is 1. The van der Waals surface area contributed by atoms with E-state index in [1.165, 1.54) is 6.26 Å². The standard InChI is InChI=1S/C27H27NO3S2/c1-19(33(3,29)30)14-21-16-23-10-7-13-28-27(23)24(17-21)22-9-6-8-20(15-22)18-31-25-11-4-5-12-26(25)32-2/h4-13,15-17,19H,14,18H2,1-3H3. The Kier molecular flexibility index (Phi) is 7.05. The number of ether oxygens (including phenoxy) is 1. The average molecular weight is 478 g/mol. The van der Waals surface area contributed by atoms with Crippen molar-refractivity contribution in [3.05, 3.63) is 90.1 Å². The van der Waals surface area contributed by atoms with Gasteiger partial charge >= 0.3 is 0 Å². The fourth-order valence-electron chi connectivity index (χ4n) is 3.80. The monoisotopic (exact) mass is 477 g/mol. The zero-order chi connectivity index (χ0) is 23.4. The van der Waals surface area contributed by atoms with E-state index in [0.717, 1.165) is 43.8 Å². The van der Waals surface area contributed by atoms with E-state index in [4.69, 9.17) is 4.74 Å². The molecule has 0 fully saturated rings. The molecule has 0 spiro atoms. The molecule has 0 N–H and O–H groups in total. The van der Waals surface area contributed by atoms with Crippen molar-refractivity contribution in [1.29, 1.82) is 0 Å². The highest BCUT2D eigenvalue weighted by Gasteiger charge is 2.17. The van der Waals surface area contributed by atoms with E-state index in [-0.39, 0.29) is 0 Å². The van der Waals surface area contributed by atoms with Crippen LogP contribution in [0.4, 0.5) is 0 Å². The first-order valence-electron chi connectivity index (χ1n) is 10.8. The highest BCUT2D eigenvalue weighted by molar-refractivity contribution is 7.98. The Balaban J connectivity index is 1.68. The van der Waals surface area contributed by atoms with E-state index in [1.807, 2.05) is 48.7 Å². The van der Waals surface area contributed by atoms with Crippen molar-refractivity contribution in [2.45, 2.75) is 30.1 Å². The van der Waals surface area contributed by atoms with Gasteiger partial charge in [-0.05, 0) is 72.7 Å². The zero-order valence-corrected chi connectivity index (χ0v) is 20.6. The molecule has 0 saturated carbocycles. The number of para-hydroxylation sites is 1. The minimum atomic E-state index is -3.11. The number of benzene rings is 3. The summed E-state index contributed by atoms with van der Waals surface area (Å²) in [6.07, 6.45) is 5.58. The number of nitrogens with zero attached hydrogens (tertiary/aromatic N) is 1. The molecule has 0 amide bonds. The third-order valence-corrected chi connectivity index (χ3v) is 8.13. The van der Waals surface area contributed by atoms with E-state index in [2.05, 4.69) is 35.3 Å². The molecular weight excluding hydrogens is 450 g/mol. The summed E-state index contributed by atoms with van der Waals surface area (Å²) in [5.41, 5.74) is 4.97. The maximum atomic E-state index is 12.0. The van der Waals surface area contributed by atoms with E-state index >= 15 is 0 Å². The molecule has 1 heterocycles. The van der Waals surface area contributed by atoms with Gasteiger partial charge in [-0.3, -0.25) is 4.98 Å². The third kappa shape index (κ3) is 5.57. The molecule has 4 aromatic rings. The van der Waals surface area contributed by atoms with E-state index in [0.29, 0.717) is 13.0 Å². The van der Waals surface area contributed by atoms with Crippen LogP contribution in [-0.4, -0.2) is 31.2 Å². The van der Waals surface area contributed by atoms with Crippen molar-refractivity contribution in [1.82, 2.24) is 4.98 Å². The Hall–Kier alpha value is -2.83. The fraction of sp³-hybridized carbons (Fsp3) is 0.222. The molecule has 3 aromatic carbocycles. The van der Waals surface area contributed by atoms with Crippen molar-refractivity contribution in [3.8, 4) is 16.9 Å². The molecule has 4 nitrogen and oxygen atoms in total. The van der Waals surface area contributed by atoms with Gasteiger partial charge in [0.05, 0.1) is 10.8 Å². The lowest BCUT2D eigenvalue weighted by atomic mass is 9.96. The number of pyridine rings is 1. The molecule has 33 heavy (non-hydrogen) atoms. The fourth-order valence-corrected chi connectivity index (χ4v) is 4.84. The number of hydrogen-bond acceptors (Lipinski definition) is 5. The van der Waals surface area contributed by atoms with Crippen LogP contribution < -0.4 is 4.74 Å². The lowest BCUT2D eigenvalue weighted by Gasteiger charge is -2.14. The molecule has 1 unspecified atom stereocenters. The van der Waals surface area contributed by atoms with E-state index in [1.54, 1.807) is 24.9 Å². The van der Waals surface area contributed by atoms with Crippen LogP contribution >= 0.6 is 11.8 Å². The quantitative estimate of drug-likeness (QED) is 0.284. The lowest BCUT2D eigenvalue weighted by Crippen LogP contribution is -2.18. The Morgan fingerprint density at radius 1 is 0.970 bits per heavy atom. The Morgan fingerprint density at radius 2 is 1.79 bits per heavy atom. The lowest BCUT2D eigenvalue weighted by molar-refractivity contribution is 0.299. The smallest absolute Gasteiger partial charge is 0.150 e. The third-order valence-electron chi connectivity index (χ3n) is 5.72. The Morgan fingerprint density at radius 3 is 2.58 bits per heavy atom. The molecular formula is C27H27NO3S2. The van der Waals surface area contributed by atoms with Crippen LogP contribution in [0.2, 0.25) is 0 Å². The van der Waals surface area contributed by atoms with Gasteiger partial charge < -0.3 is 4.74 Å². The zero-order valence-electron chi connectivity index (χ0n) is 19.0. The predicted octanol–water partition coefficient (Wildman–Crippen LogP) is 6.18. The van der Waals surface area contributed by atoms with Crippen molar-refractivity contribution in [2.75, 3.05) is 12.5 Å². The van der Waals surface area contributed by atoms with Crippen LogP contribution in [0, 0.1) is 0 Å².